The fraction of sp³-hybridized carbons (Fsp3) is 0.400. The molecule has 1 aliphatic rings. The van der Waals surface area contributed by atoms with E-state index in [-0.39, 0.29) is 12.2 Å². The minimum atomic E-state index is -0.746. The summed E-state index contributed by atoms with van der Waals surface area (Å²) in [5.41, 5.74) is 4.01. The van der Waals surface area contributed by atoms with Crippen LogP contribution in [0.15, 0.2) is 54.6 Å². The Morgan fingerprint density at radius 1 is 1.00 bits per heavy atom. The Hall–Kier alpha value is -3.34. The summed E-state index contributed by atoms with van der Waals surface area (Å²) in [7, 11) is 1.68. The highest BCUT2D eigenvalue weighted by Gasteiger charge is 2.25. The molecule has 1 aliphatic carbocycles. The highest BCUT2D eigenvalue weighted by Crippen LogP contribution is 2.36. The minimum absolute atomic E-state index is 0.112. The van der Waals surface area contributed by atoms with Gasteiger partial charge in [0.25, 0.3) is 0 Å². The van der Waals surface area contributed by atoms with Crippen LogP contribution in [0.2, 0.25) is 0 Å². The molecule has 3 aromatic carbocycles. The molecule has 1 fully saturated rings. The Morgan fingerprint density at radius 3 is 2.40 bits per heavy atom. The van der Waals surface area contributed by atoms with Gasteiger partial charge in [0.05, 0.1) is 7.11 Å². The monoisotopic (exact) mass is 473 g/mol. The molecule has 0 bridgehead atoms. The molecule has 3 aromatic rings. The lowest BCUT2D eigenvalue weighted by molar-refractivity contribution is -0.137. The fourth-order valence-corrected chi connectivity index (χ4v) is 4.59. The molecule has 1 saturated carbocycles. The van der Waals surface area contributed by atoms with E-state index in [1.807, 2.05) is 30.3 Å². The Bertz CT molecular complexity index is 1180. The lowest BCUT2D eigenvalue weighted by Crippen LogP contribution is -2.25. The van der Waals surface area contributed by atoms with Crippen molar-refractivity contribution in [2.75, 3.05) is 25.1 Å². The lowest BCUT2D eigenvalue weighted by Gasteiger charge is -2.25. The summed E-state index contributed by atoms with van der Waals surface area (Å²) in [4.78, 5) is 26.4. The van der Waals surface area contributed by atoms with Gasteiger partial charge in [-0.1, -0.05) is 30.3 Å². The Kier molecular flexibility index (Phi) is 8.06. The molecule has 0 unspecified atom stereocenters. The number of ketones is 1. The van der Waals surface area contributed by atoms with Crippen LogP contribution in [0.4, 0.5) is 5.69 Å². The van der Waals surface area contributed by atoms with Gasteiger partial charge in [-0.3, -0.25) is 9.59 Å². The van der Waals surface area contributed by atoms with E-state index < -0.39 is 5.97 Å². The van der Waals surface area contributed by atoms with E-state index in [4.69, 9.17) is 9.84 Å². The van der Waals surface area contributed by atoms with Crippen molar-refractivity contribution in [2.45, 2.75) is 51.9 Å². The SMILES string of the molecule is CCN(CC1CC1)c1cc(C(=O)Cc2ccc(CCCCC(=O)O)cc2)cc2ccc(OC)cc12. The first-order valence-electron chi connectivity index (χ1n) is 12.7. The van der Waals surface area contributed by atoms with Gasteiger partial charge in [0.15, 0.2) is 5.78 Å². The fourth-order valence-electron chi connectivity index (χ4n) is 4.59. The summed E-state index contributed by atoms with van der Waals surface area (Å²) >= 11 is 0. The van der Waals surface area contributed by atoms with Crippen LogP contribution in [-0.2, 0) is 17.6 Å². The predicted molar refractivity (Wildman–Crippen MR) is 141 cm³/mol. The van der Waals surface area contributed by atoms with E-state index in [0.717, 1.165) is 65.2 Å². The van der Waals surface area contributed by atoms with Crippen molar-refractivity contribution in [2.24, 2.45) is 5.92 Å². The summed E-state index contributed by atoms with van der Waals surface area (Å²) in [6.45, 7) is 4.09. The van der Waals surface area contributed by atoms with Crippen molar-refractivity contribution in [1.82, 2.24) is 0 Å². The Labute approximate surface area is 207 Å². The number of ether oxygens (including phenoxy) is 1. The van der Waals surface area contributed by atoms with Crippen LogP contribution in [0.25, 0.3) is 10.8 Å². The highest BCUT2D eigenvalue weighted by atomic mass is 16.5. The predicted octanol–water partition coefficient (Wildman–Crippen LogP) is 6.31. The molecule has 4 rings (SSSR count). The molecule has 0 atom stereocenters. The van der Waals surface area contributed by atoms with Gasteiger partial charge < -0.3 is 14.7 Å². The maximum Gasteiger partial charge on any atom is 0.303 e. The smallest absolute Gasteiger partial charge is 0.303 e. The summed E-state index contributed by atoms with van der Waals surface area (Å²) in [6, 6.07) is 18.3. The number of methoxy groups -OCH3 is 1. The number of Topliss-reactive ketones (excluding diaryl/α,β-unsaturated/α-hetero) is 1. The number of carboxylic acid groups (broad SMARTS) is 1. The molecule has 1 N–H and O–H groups in total. The van der Waals surface area contributed by atoms with Crippen molar-refractivity contribution >= 4 is 28.2 Å². The summed E-state index contributed by atoms with van der Waals surface area (Å²) in [5.74, 6) is 0.936. The number of carboxylic acids is 1. The zero-order chi connectivity index (χ0) is 24.8. The number of benzene rings is 3. The van der Waals surface area contributed by atoms with Crippen molar-refractivity contribution in [3.63, 3.8) is 0 Å². The number of carbonyl (C=O) groups excluding carboxylic acids is 1. The average Bonchev–Trinajstić information content (AvgIpc) is 3.69. The number of aryl methyl sites for hydroxylation is 1. The first-order valence-corrected chi connectivity index (χ1v) is 12.7. The minimum Gasteiger partial charge on any atom is -0.497 e. The van der Waals surface area contributed by atoms with Crippen LogP contribution < -0.4 is 9.64 Å². The third-order valence-electron chi connectivity index (χ3n) is 6.85. The molecule has 0 spiro atoms. The van der Waals surface area contributed by atoms with E-state index in [2.05, 4.69) is 36.1 Å². The van der Waals surface area contributed by atoms with Crippen molar-refractivity contribution in [3.05, 3.63) is 71.3 Å². The molecule has 184 valence electrons. The third kappa shape index (κ3) is 6.62. The average molecular weight is 474 g/mol. The second-order valence-corrected chi connectivity index (χ2v) is 9.58. The number of fused-ring (bicyclic) bond motifs is 1. The van der Waals surface area contributed by atoms with E-state index >= 15 is 0 Å². The zero-order valence-electron chi connectivity index (χ0n) is 20.8. The largest absolute Gasteiger partial charge is 0.497 e. The van der Waals surface area contributed by atoms with Gasteiger partial charge in [0.1, 0.15) is 5.75 Å². The normalized spacial score (nSPS) is 13.1. The standard InChI is InChI=1S/C30H35NO4/c1-3-31(20-23-12-13-23)28-18-25(17-24-14-15-26(35-2)19-27(24)28)29(32)16-22-10-8-21(9-11-22)6-4-5-7-30(33)34/h8-11,14-15,17-19,23H,3-7,12-13,16,20H2,1-2H3,(H,33,34). The van der Waals surface area contributed by atoms with Gasteiger partial charge in [0.2, 0.25) is 0 Å². The molecule has 5 nitrogen and oxygen atoms in total. The van der Waals surface area contributed by atoms with Crippen LogP contribution >= 0.6 is 0 Å². The second kappa shape index (κ2) is 11.4. The quantitative estimate of drug-likeness (QED) is 0.233. The van der Waals surface area contributed by atoms with Crippen LogP contribution in [0.3, 0.4) is 0 Å². The van der Waals surface area contributed by atoms with Gasteiger partial charge in [-0.2, -0.15) is 0 Å². The topological polar surface area (TPSA) is 66.8 Å². The summed E-state index contributed by atoms with van der Waals surface area (Å²) < 4.78 is 5.48. The van der Waals surface area contributed by atoms with E-state index in [1.54, 1.807) is 7.11 Å². The highest BCUT2D eigenvalue weighted by molar-refractivity contribution is 6.05. The van der Waals surface area contributed by atoms with Gasteiger partial charge >= 0.3 is 5.97 Å². The number of hydrogen-bond acceptors (Lipinski definition) is 4. The van der Waals surface area contributed by atoms with Gasteiger partial charge in [-0.15, -0.1) is 0 Å². The number of hydrogen-bond donors (Lipinski definition) is 1. The molecule has 5 heteroatoms. The maximum absolute atomic E-state index is 13.3. The van der Waals surface area contributed by atoms with Crippen LogP contribution in [0.5, 0.6) is 5.75 Å². The Morgan fingerprint density at radius 2 is 1.74 bits per heavy atom. The number of rotatable bonds is 13. The van der Waals surface area contributed by atoms with Crippen LogP contribution in [0, 0.1) is 5.92 Å². The van der Waals surface area contributed by atoms with Crippen LogP contribution in [0.1, 0.15) is 60.5 Å². The number of nitrogens with zero attached hydrogens (tertiary/aromatic N) is 1. The summed E-state index contributed by atoms with van der Waals surface area (Å²) in [6.07, 6.45) is 5.52. The first kappa shape index (κ1) is 24.8. The molecule has 0 amide bonds. The molecule has 35 heavy (non-hydrogen) atoms. The third-order valence-corrected chi connectivity index (χ3v) is 6.85. The molecular weight excluding hydrogens is 438 g/mol. The van der Waals surface area contributed by atoms with E-state index in [1.165, 1.54) is 18.4 Å². The van der Waals surface area contributed by atoms with Gasteiger partial charge in [-0.05, 0) is 85.7 Å². The number of aliphatic carboxylic acids is 1. The Balaban J connectivity index is 1.52. The molecule has 0 heterocycles. The maximum atomic E-state index is 13.3. The molecule has 0 saturated heterocycles. The van der Waals surface area contributed by atoms with Crippen molar-refractivity contribution in [3.8, 4) is 5.75 Å². The molecule has 0 radical (unpaired) electrons. The van der Waals surface area contributed by atoms with Crippen molar-refractivity contribution < 1.29 is 19.4 Å². The number of anilines is 1. The first-order chi connectivity index (χ1) is 17.0. The molecule has 0 aliphatic heterocycles. The second-order valence-electron chi connectivity index (χ2n) is 9.58. The van der Waals surface area contributed by atoms with Gasteiger partial charge in [-0.25, -0.2) is 0 Å². The van der Waals surface area contributed by atoms with E-state index in [0.29, 0.717) is 12.8 Å². The van der Waals surface area contributed by atoms with Gasteiger partial charge in [0, 0.05) is 42.6 Å². The zero-order valence-corrected chi connectivity index (χ0v) is 20.8. The number of carbonyl (C=O) groups is 2. The van der Waals surface area contributed by atoms with E-state index in [9.17, 15) is 9.59 Å². The molecule has 0 aromatic heterocycles. The van der Waals surface area contributed by atoms with Crippen LogP contribution in [-0.4, -0.2) is 37.1 Å². The lowest BCUT2D eigenvalue weighted by atomic mass is 9.97. The summed E-state index contributed by atoms with van der Waals surface area (Å²) in [5, 5.41) is 10.9. The molecular formula is C30H35NO4. The number of unbranched alkanes of at least 4 members (excludes halogenated alkanes) is 1. The van der Waals surface area contributed by atoms with Crippen molar-refractivity contribution in [1.29, 1.82) is 0 Å².